The van der Waals surface area contributed by atoms with Crippen LogP contribution in [0.25, 0.3) is 0 Å². The fraction of sp³-hybridized carbons (Fsp3) is 0.471. The topological polar surface area (TPSA) is 154 Å². The monoisotopic (exact) mass is 415 g/mol. The fourth-order valence-electron chi connectivity index (χ4n) is 2.12. The molecule has 156 valence electrons. The summed E-state index contributed by atoms with van der Waals surface area (Å²) in [6, 6.07) is 8.03. The first-order valence-electron chi connectivity index (χ1n) is 8.73. The number of benzene rings is 1. The molecule has 0 aliphatic heterocycles. The number of ether oxygens (including phenoxy) is 1. The van der Waals surface area contributed by atoms with Crippen LogP contribution in [-0.2, 0) is 25.5 Å². The summed E-state index contributed by atoms with van der Waals surface area (Å²) < 4.78 is 16.1. The zero-order valence-electron chi connectivity index (χ0n) is 15.8. The number of rotatable bonds is 10. The van der Waals surface area contributed by atoms with Crippen molar-refractivity contribution in [2.45, 2.75) is 45.1 Å². The van der Waals surface area contributed by atoms with Gasteiger partial charge in [0, 0.05) is 0 Å². The van der Waals surface area contributed by atoms with Gasteiger partial charge < -0.3 is 30.5 Å². The maximum Gasteiger partial charge on any atom is 0.407 e. The predicted octanol–water partition coefficient (Wildman–Crippen LogP) is 0.838. The third-order valence-electron chi connectivity index (χ3n) is 3.69. The van der Waals surface area contributed by atoms with E-state index in [1.54, 1.807) is 31.2 Å². The molecule has 5 N–H and O–H groups in total. The van der Waals surface area contributed by atoms with E-state index in [0.29, 0.717) is 6.42 Å². The minimum atomic E-state index is -4.48. The van der Waals surface area contributed by atoms with E-state index in [4.69, 9.17) is 14.5 Å². The molecule has 2 atom stereocenters. The zero-order valence-corrected chi connectivity index (χ0v) is 16.6. The number of amides is 3. The molecule has 0 unspecified atom stereocenters. The molecule has 11 heteroatoms. The summed E-state index contributed by atoms with van der Waals surface area (Å²) in [6.07, 6.45) is 0.0321. The van der Waals surface area contributed by atoms with E-state index in [9.17, 15) is 18.9 Å². The Hall–Kier alpha value is -2.42. The van der Waals surface area contributed by atoms with Crippen LogP contribution in [-0.4, -0.2) is 46.1 Å². The van der Waals surface area contributed by atoms with Crippen LogP contribution in [0.3, 0.4) is 0 Å². The molecule has 1 aromatic rings. The molecule has 0 spiro atoms. The highest BCUT2D eigenvalue weighted by Gasteiger charge is 2.29. The first-order valence-corrected chi connectivity index (χ1v) is 10.4. The summed E-state index contributed by atoms with van der Waals surface area (Å²) in [4.78, 5) is 53.9. The van der Waals surface area contributed by atoms with Gasteiger partial charge in [-0.1, -0.05) is 43.7 Å². The number of nitrogens with one attached hydrogen (secondary N) is 3. The Kier molecular flexibility index (Phi) is 9.64. The van der Waals surface area contributed by atoms with Gasteiger partial charge in [-0.05, 0) is 18.9 Å². The summed E-state index contributed by atoms with van der Waals surface area (Å²) in [5.41, 5.74) is 0.793. The third kappa shape index (κ3) is 8.98. The van der Waals surface area contributed by atoms with E-state index in [2.05, 4.69) is 16.0 Å². The molecule has 3 amide bonds. The van der Waals surface area contributed by atoms with Crippen molar-refractivity contribution in [3.63, 3.8) is 0 Å². The molecule has 1 rings (SSSR count). The molecular formula is C17H26N3O7P. The Bertz CT molecular complexity index is 708. The van der Waals surface area contributed by atoms with E-state index in [1.165, 1.54) is 6.92 Å². The minimum absolute atomic E-state index is 0.0510. The highest BCUT2D eigenvalue weighted by Crippen LogP contribution is 2.39. The van der Waals surface area contributed by atoms with Crippen molar-refractivity contribution in [2.24, 2.45) is 0 Å². The summed E-state index contributed by atoms with van der Waals surface area (Å²) in [7, 11) is -4.48. The number of carbonyl (C=O) groups is 3. The Morgan fingerprint density at radius 1 is 1.14 bits per heavy atom. The summed E-state index contributed by atoms with van der Waals surface area (Å²) in [5.74, 6) is -2.71. The van der Waals surface area contributed by atoms with Crippen molar-refractivity contribution in [3.8, 4) is 0 Å². The molecule has 0 saturated heterocycles. The number of hydrogen-bond donors (Lipinski definition) is 5. The Labute approximate surface area is 163 Å². The van der Waals surface area contributed by atoms with Gasteiger partial charge in [-0.15, -0.1) is 0 Å². The van der Waals surface area contributed by atoms with Crippen LogP contribution in [0.1, 0.15) is 32.3 Å². The maximum absolute atomic E-state index is 12.1. The quantitative estimate of drug-likeness (QED) is 0.355. The Morgan fingerprint density at radius 2 is 1.79 bits per heavy atom. The van der Waals surface area contributed by atoms with Gasteiger partial charge in [0.2, 0.25) is 11.8 Å². The minimum Gasteiger partial charge on any atom is -0.445 e. The molecule has 0 aliphatic rings. The molecule has 10 nitrogen and oxygen atoms in total. The van der Waals surface area contributed by atoms with Crippen molar-refractivity contribution in [3.05, 3.63) is 35.9 Å². The standard InChI is InChI=1S/C17H26N3O7P/c1-3-7-14(16(22)19-12(2)28(24,25)26)20-15(21)10-18-17(23)27-11-13-8-5-4-6-9-13/h4-6,8-9,12,14H,3,7,10-11H2,1-2H3,(H,18,23)(H,19,22)(H,20,21)(H2,24,25,26)/t12-,14+/m1/s1. The lowest BCUT2D eigenvalue weighted by atomic mass is 10.1. The first kappa shape index (κ1) is 23.6. The summed E-state index contributed by atoms with van der Waals surface area (Å²) in [6.45, 7) is 2.61. The highest BCUT2D eigenvalue weighted by molar-refractivity contribution is 7.52. The Balaban J connectivity index is 2.45. The van der Waals surface area contributed by atoms with E-state index >= 15 is 0 Å². The second kappa shape index (κ2) is 11.4. The average Bonchev–Trinajstić information content (AvgIpc) is 2.64. The van der Waals surface area contributed by atoms with Crippen LogP contribution in [0.2, 0.25) is 0 Å². The van der Waals surface area contributed by atoms with Crippen LogP contribution in [0.15, 0.2) is 30.3 Å². The molecule has 1 aromatic carbocycles. The molecular weight excluding hydrogens is 389 g/mol. The van der Waals surface area contributed by atoms with Gasteiger partial charge in [0.25, 0.3) is 0 Å². The molecule has 0 bridgehead atoms. The zero-order chi connectivity index (χ0) is 21.2. The first-order chi connectivity index (χ1) is 13.1. The van der Waals surface area contributed by atoms with Crippen molar-refractivity contribution < 1.29 is 33.5 Å². The van der Waals surface area contributed by atoms with Gasteiger partial charge in [0.15, 0.2) is 0 Å². The molecule has 28 heavy (non-hydrogen) atoms. The normalized spacial score (nSPS) is 13.1. The van der Waals surface area contributed by atoms with Crippen LogP contribution in [0.5, 0.6) is 0 Å². The lowest BCUT2D eigenvalue weighted by molar-refractivity contribution is -0.128. The van der Waals surface area contributed by atoms with E-state index in [0.717, 1.165) is 5.56 Å². The van der Waals surface area contributed by atoms with Gasteiger partial charge in [-0.25, -0.2) is 4.79 Å². The maximum atomic E-state index is 12.1. The van der Waals surface area contributed by atoms with Crippen molar-refractivity contribution >= 4 is 25.5 Å². The number of carbonyl (C=O) groups excluding carboxylic acids is 3. The van der Waals surface area contributed by atoms with Crippen LogP contribution in [0.4, 0.5) is 4.79 Å². The van der Waals surface area contributed by atoms with E-state index in [-0.39, 0.29) is 13.0 Å². The molecule has 0 fully saturated rings. The predicted molar refractivity (Wildman–Crippen MR) is 101 cm³/mol. The number of alkyl carbamates (subject to hydrolysis) is 1. The van der Waals surface area contributed by atoms with Crippen molar-refractivity contribution in [2.75, 3.05) is 6.54 Å². The van der Waals surface area contributed by atoms with Gasteiger partial charge in [-0.3, -0.25) is 14.2 Å². The molecule has 0 aromatic heterocycles. The fourth-order valence-corrected chi connectivity index (χ4v) is 2.42. The molecule has 0 aliphatic carbocycles. The molecule has 0 radical (unpaired) electrons. The van der Waals surface area contributed by atoms with Gasteiger partial charge in [0.05, 0.1) is 0 Å². The van der Waals surface area contributed by atoms with Crippen molar-refractivity contribution in [1.82, 2.24) is 16.0 Å². The van der Waals surface area contributed by atoms with E-state index < -0.39 is 43.9 Å². The summed E-state index contributed by atoms with van der Waals surface area (Å²) >= 11 is 0. The molecule has 0 saturated carbocycles. The van der Waals surface area contributed by atoms with Crippen LogP contribution >= 0.6 is 7.60 Å². The van der Waals surface area contributed by atoms with Gasteiger partial charge in [-0.2, -0.15) is 0 Å². The SMILES string of the molecule is CCC[C@H](NC(=O)CNC(=O)OCc1ccccc1)C(=O)N[C@@H](C)P(=O)(O)O. The van der Waals surface area contributed by atoms with Gasteiger partial charge >= 0.3 is 13.7 Å². The lowest BCUT2D eigenvalue weighted by Crippen LogP contribution is -2.51. The average molecular weight is 415 g/mol. The highest BCUT2D eigenvalue weighted by atomic mass is 31.2. The lowest BCUT2D eigenvalue weighted by Gasteiger charge is -2.21. The van der Waals surface area contributed by atoms with Crippen LogP contribution in [0, 0.1) is 0 Å². The largest absolute Gasteiger partial charge is 0.445 e. The van der Waals surface area contributed by atoms with E-state index in [1.807, 2.05) is 6.07 Å². The second-order valence-electron chi connectivity index (χ2n) is 6.10. The third-order valence-corrected chi connectivity index (χ3v) is 4.83. The van der Waals surface area contributed by atoms with Crippen LogP contribution < -0.4 is 16.0 Å². The molecule has 0 heterocycles. The Morgan fingerprint density at radius 3 is 2.36 bits per heavy atom. The smallest absolute Gasteiger partial charge is 0.407 e. The van der Waals surface area contributed by atoms with Gasteiger partial charge in [0.1, 0.15) is 25.0 Å². The second-order valence-corrected chi connectivity index (χ2v) is 8.05. The summed E-state index contributed by atoms with van der Waals surface area (Å²) in [5, 5.41) is 6.89. The van der Waals surface area contributed by atoms with Crippen molar-refractivity contribution in [1.29, 1.82) is 0 Å². The number of hydrogen-bond acceptors (Lipinski definition) is 5.